The SMILES string of the molecule is C[C@H](CCl)N(CCCl)CCCl. The second-order valence-corrected chi connectivity index (χ2v) is 3.48. The van der Waals surface area contributed by atoms with Crippen molar-refractivity contribution in [1.29, 1.82) is 0 Å². The molecule has 0 N–H and O–H groups in total. The number of hydrogen-bond donors (Lipinski definition) is 0. The van der Waals surface area contributed by atoms with E-state index in [1.807, 2.05) is 0 Å². The van der Waals surface area contributed by atoms with E-state index in [0.29, 0.717) is 23.7 Å². The van der Waals surface area contributed by atoms with Crippen molar-refractivity contribution in [2.24, 2.45) is 0 Å². The summed E-state index contributed by atoms with van der Waals surface area (Å²) in [6.45, 7) is 3.80. The Morgan fingerprint density at radius 1 is 1.09 bits per heavy atom. The van der Waals surface area contributed by atoms with Crippen LogP contribution in [0, 0.1) is 0 Å². The topological polar surface area (TPSA) is 3.24 Å². The lowest BCUT2D eigenvalue weighted by Crippen LogP contribution is -2.37. The first-order valence-electron chi connectivity index (χ1n) is 3.68. The van der Waals surface area contributed by atoms with Gasteiger partial charge in [-0.2, -0.15) is 0 Å². The lowest BCUT2D eigenvalue weighted by molar-refractivity contribution is 0.252. The van der Waals surface area contributed by atoms with Crippen molar-refractivity contribution in [3.8, 4) is 0 Å². The molecule has 0 aliphatic rings. The van der Waals surface area contributed by atoms with E-state index in [9.17, 15) is 0 Å². The van der Waals surface area contributed by atoms with E-state index in [2.05, 4.69) is 11.8 Å². The van der Waals surface area contributed by atoms with Crippen LogP contribution in [0.5, 0.6) is 0 Å². The smallest absolute Gasteiger partial charge is 0.0376 e. The lowest BCUT2D eigenvalue weighted by atomic mass is 10.3. The minimum Gasteiger partial charge on any atom is -0.297 e. The highest BCUT2D eigenvalue weighted by atomic mass is 35.5. The zero-order chi connectivity index (χ0) is 8.69. The van der Waals surface area contributed by atoms with Gasteiger partial charge in [0.1, 0.15) is 0 Å². The van der Waals surface area contributed by atoms with Crippen LogP contribution in [-0.4, -0.2) is 41.7 Å². The van der Waals surface area contributed by atoms with Crippen LogP contribution in [0.1, 0.15) is 6.92 Å². The van der Waals surface area contributed by atoms with Gasteiger partial charge < -0.3 is 0 Å². The Labute approximate surface area is 83.6 Å². The van der Waals surface area contributed by atoms with Crippen molar-refractivity contribution >= 4 is 34.8 Å². The van der Waals surface area contributed by atoms with Crippen molar-refractivity contribution in [3.05, 3.63) is 0 Å². The van der Waals surface area contributed by atoms with Crippen LogP contribution in [0.3, 0.4) is 0 Å². The number of halogens is 3. The van der Waals surface area contributed by atoms with E-state index in [1.54, 1.807) is 0 Å². The molecule has 0 radical (unpaired) electrons. The molecule has 0 aliphatic carbocycles. The summed E-state index contributed by atoms with van der Waals surface area (Å²) >= 11 is 16.9. The molecule has 1 nitrogen and oxygen atoms in total. The van der Waals surface area contributed by atoms with Crippen molar-refractivity contribution in [2.45, 2.75) is 13.0 Å². The molecule has 0 aliphatic heterocycles. The summed E-state index contributed by atoms with van der Waals surface area (Å²) in [6, 6.07) is 0.370. The summed E-state index contributed by atoms with van der Waals surface area (Å²) in [5, 5.41) is 0. The first-order chi connectivity index (χ1) is 5.26. The maximum atomic E-state index is 5.69. The van der Waals surface area contributed by atoms with Gasteiger partial charge in [0, 0.05) is 36.8 Å². The molecule has 0 saturated heterocycles. The molecule has 0 aromatic heterocycles. The normalized spacial score (nSPS) is 13.9. The van der Waals surface area contributed by atoms with Crippen molar-refractivity contribution < 1.29 is 0 Å². The monoisotopic (exact) mass is 217 g/mol. The van der Waals surface area contributed by atoms with E-state index < -0.39 is 0 Å². The van der Waals surface area contributed by atoms with Crippen molar-refractivity contribution in [3.63, 3.8) is 0 Å². The molecule has 0 spiro atoms. The Kier molecular flexibility index (Phi) is 8.04. The maximum Gasteiger partial charge on any atom is 0.0376 e. The van der Waals surface area contributed by atoms with E-state index in [0.717, 1.165) is 13.1 Å². The summed E-state index contributed by atoms with van der Waals surface area (Å²) in [6.07, 6.45) is 0. The van der Waals surface area contributed by atoms with Gasteiger partial charge in [-0.1, -0.05) is 0 Å². The Balaban J connectivity index is 3.66. The molecule has 11 heavy (non-hydrogen) atoms. The fraction of sp³-hybridized carbons (Fsp3) is 1.00. The summed E-state index contributed by atoms with van der Waals surface area (Å²) < 4.78 is 0. The van der Waals surface area contributed by atoms with Crippen LogP contribution >= 0.6 is 34.8 Å². The molecule has 0 unspecified atom stereocenters. The highest BCUT2D eigenvalue weighted by Gasteiger charge is 2.10. The highest BCUT2D eigenvalue weighted by molar-refractivity contribution is 6.19. The average Bonchev–Trinajstić information content (AvgIpc) is 2.03. The summed E-state index contributed by atoms with van der Waals surface area (Å²) in [5.74, 6) is 1.91. The number of hydrogen-bond acceptors (Lipinski definition) is 1. The third-order valence-corrected chi connectivity index (χ3v) is 2.37. The Morgan fingerprint density at radius 2 is 1.55 bits per heavy atom. The van der Waals surface area contributed by atoms with Crippen LogP contribution in [0.25, 0.3) is 0 Å². The summed E-state index contributed by atoms with van der Waals surface area (Å²) in [5.41, 5.74) is 0. The molecule has 0 saturated carbocycles. The van der Waals surface area contributed by atoms with Gasteiger partial charge in [0.15, 0.2) is 0 Å². The van der Waals surface area contributed by atoms with Gasteiger partial charge in [0.25, 0.3) is 0 Å². The summed E-state index contributed by atoms with van der Waals surface area (Å²) in [7, 11) is 0. The van der Waals surface area contributed by atoms with Crippen LogP contribution in [0.4, 0.5) is 0 Å². The van der Waals surface area contributed by atoms with E-state index in [1.165, 1.54) is 0 Å². The third-order valence-electron chi connectivity index (χ3n) is 1.59. The van der Waals surface area contributed by atoms with Gasteiger partial charge in [-0.15, -0.1) is 34.8 Å². The minimum absolute atomic E-state index is 0.370. The molecular formula is C7H14Cl3N. The molecule has 0 heterocycles. The quantitative estimate of drug-likeness (QED) is 0.619. The number of nitrogens with zero attached hydrogens (tertiary/aromatic N) is 1. The molecule has 1 atom stereocenters. The predicted molar refractivity (Wildman–Crippen MR) is 53.2 cm³/mol. The fourth-order valence-electron chi connectivity index (χ4n) is 0.867. The summed E-state index contributed by atoms with van der Waals surface area (Å²) in [4.78, 5) is 2.19. The molecule has 0 bridgehead atoms. The zero-order valence-electron chi connectivity index (χ0n) is 6.69. The second-order valence-electron chi connectivity index (χ2n) is 2.42. The maximum absolute atomic E-state index is 5.69. The molecule has 0 aromatic carbocycles. The Bertz CT molecular complexity index is 83.8. The van der Waals surface area contributed by atoms with Crippen molar-refractivity contribution in [2.75, 3.05) is 30.7 Å². The molecule has 68 valence electrons. The molecule has 0 aromatic rings. The van der Waals surface area contributed by atoms with Crippen LogP contribution < -0.4 is 0 Å². The largest absolute Gasteiger partial charge is 0.297 e. The average molecular weight is 219 g/mol. The van der Waals surface area contributed by atoms with E-state index in [4.69, 9.17) is 34.8 Å². The Hall–Kier alpha value is 0.830. The zero-order valence-corrected chi connectivity index (χ0v) is 8.96. The number of alkyl halides is 3. The Morgan fingerprint density at radius 3 is 1.82 bits per heavy atom. The molecule has 0 fully saturated rings. The lowest BCUT2D eigenvalue weighted by Gasteiger charge is -2.25. The standard InChI is InChI=1S/C7H14Cl3N/c1-7(6-10)11(4-2-8)5-3-9/h7H,2-6H2,1H3/t7-/m1/s1. The highest BCUT2D eigenvalue weighted by Crippen LogP contribution is 2.01. The number of rotatable bonds is 6. The molecular weight excluding hydrogens is 204 g/mol. The van der Waals surface area contributed by atoms with E-state index >= 15 is 0 Å². The van der Waals surface area contributed by atoms with E-state index in [-0.39, 0.29) is 0 Å². The van der Waals surface area contributed by atoms with Crippen LogP contribution in [0.15, 0.2) is 0 Å². The first-order valence-corrected chi connectivity index (χ1v) is 5.28. The first kappa shape index (κ1) is 11.8. The molecule has 4 heteroatoms. The third kappa shape index (κ3) is 5.13. The van der Waals surface area contributed by atoms with Gasteiger partial charge in [-0.05, 0) is 6.92 Å². The molecule has 0 amide bonds. The van der Waals surface area contributed by atoms with Gasteiger partial charge in [-0.25, -0.2) is 0 Å². The van der Waals surface area contributed by atoms with Gasteiger partial charge in [-0.3, -0.25) is 4.90 Å². The van der Waals surface area contributed by atoms with Gasteiger partial charge in [0.05, 0.1) is 0 Å². The fourth-order valence-corrected chi connectivity index (χ4v) is 1.50. The van der Waals surface area contributed by atoms with Crippen LogP contribution in [0.2, 0.25) is 0 Å². The van der Waals surface area contributed by atoms with Crippen molar-refractivity contribution in [1.82, 2.24) is 4.90 Å². The van der Waals surface area contributed by atoms with Gasteiger partial charge >= 0.3 is 0 Å². The minimum atomic E-state index is 0.370. The predicted octanol–water partition coefficient (Wildman–Crippen LogP) is 2.39. The molecule has 0 rings (SSSR count). The second kappa shape index (κ2) is 7.48. The van der Waals surface area contributed by atoms with Crippen LogP contribution in [-0.2, 0) is 0 Å². The van der Waals surface area contributed by atoms with Gasteiger partial charge in [0.2, 0.25) is 0 Å².